The highest BCUT2D eigenvalue weighted by molar-refractivity contribution is 6.30. The molecule has 4 heteroatoms. The highest BCUT2D eigenvalue weighted by atomic mass is 35.5. The van der Waals surface area contributed by atoms with E-state index in [2.05, 4.69) is 18.3 Å². The quantitative estimate of drug-likeness (QED) is 0.782. The van der Waals surface area contributed by atoms with Gasteiger partial charge in [-0.2, -0.15) is 0 Å². The van der Waals surface area contributed by atoms with Gasteiger partial charge >= 0.3 is 0 Å². The van der Waals surface area contributed by atoms with E-state index in [0.29, 0.717) is 6.61 Å². The Morgan fingerprint density at radius 1 is 1.10 bits per heavy atom. The average molecular weight is 306 g/mol. The molecular formula is C17H20ClNO2. The van der Waals surface area contributed by atoms with Crippen molar-refractivity contribution in [3.63, 3.8) is 0 Å². The van der Waals surface area contributed by atoms with Crippen molar-refractivity contribution in [3.8, 4) is 11.5 Å². The second-order valence-electron chi connectivity index (χ2n) is 4.75. The molecule has 0 amide bonds. The van der Waals surface area contributed by atoms with Crippen molar-refractivity contribution in [2.45, 2.75) is 13.0 Å². The van der Waals surface area contributed by atoms with Gasteiger partial charge in [-0.1, -0.05) is 23.7 Å². The Bertz CT molecular complexity index is 557. The molecule has 0 aliphatic heterocycles. The SMILES string of the molecule is COc1ccc(OCCNC(C)c2cccc(Cl)c2)cc1. The number of nitrogens with one attached hydrogen (secondary N) is 1. The number of methoxy groups -OCH3 is 1. The van der Waals surface area contributed by atoms with E-state index < -0.39 is 0 Å². The summed E-state index contributed by atoms with van der Waals surface area (Å²) in [4.78, 5) is 0. The molecule has 2 aromatic carbocycles. The first kappa shape index (κ1) is 15.7. The molecule has 21 heavy (non-hydrogen) atoms. The molecule has 0 fully saturated rings. The van der Waals surface area contributed by atoms with Crippen LogP contribution >= 0.6 is 11.6 Å². The lowest BCUT2D eigenvalue weighted by atomic mass is 10.1. The summed E-state index contributed by atoms with van der Waals surface area (Å²) in [7, 11) is 1.65. The maximum absolute atomic E-state index is 5.99. The highest BCUT2D eigenvalue weighted by Crippen LogP contribution is 2.18. The molecule has 0 aliphatic carbocycles. The zero-order valence-electron chi connectivity index (χ0n) is 12.3. The smallest absolute Gasteiger partial charge is 0.119 e. The fraction of sp³-hybridized carbons (Fsp3) is 0.294. The maximum Gasteiger partial charge on any atom is 0.119 e. The molecule has 0 heterocycles. The van der Waals surface area contributed by atoms with Gasteiger partial charge in [-0.25, -0.2) is 0 Å². The summed E-state index contributed by atoms with van der Waals surface area (Å²) >= 11 is 5.99. The van der Waals surface area contributed by atoms with Crippen molar-refractivity contribution in [1.29, 1.82) is 0 Å². The Kier molecular flexibility index (Phi) is 5.90. The lowest BCUT2D eigenvalue weighted by Crippen LogP contribution is -2.24. The van der Waals surface area contributed by atoms with Gasteiger partial charge in [0.15, 0.2) is 0 Å². The number of hydrogen-bond acceptors (Lipinski definition) is 3. The maximum atomic E-state index is 5.99. The second kappa shape index (κ2) is 7.91. The summed E-state index contributed by atoms with van der Waals surface area (Å²) in [5.74, 6) is 1.67. The Morgan fingerprint density at radius 2 is 1.81 bits per heavy atom. The van der Waals surface area contributed by atoms with Crippen LogP contribution in [-0.2, 0) is 0 Å². The van der Waals surface area contributed by atoms with Crippen LogP contribution in [0.3, 0.4) is 0 Å². The molecule has 2 rings (SSSR count). The zero-order chi connectivity index (χ0) is 15.1. The molecule has 0 spiro atoms. The van der Waals surface area contributed by atoms with E-state index in [1.807, 2.05) is 42.5 Å². The normalized spacial score (nSPS) is 12.0. The molecule has 0 radical (unpaired) electrons. The van der Waals surface area contributed by atoms with Crippen molar-refractivity contribution >= 4 is 11.6 Å². The molecule has 1 N–H and O–H groups in total. The third kappa shape index (κ3) is 4.96. The van der Waals surface area contributed by atoms with E-state index in [1.165, 1.54) is 5.56 Å². The van der Waals surface area contributed by atoms with Crippen LogP contribution in [0.4, 0.5) is 0 Å². The van der Waals surface area contributed by atoms with E-state index in [-0.39, 0.29) is 6.04 Å². The largest absolute Gasteiger partial charge is 0.497 e. The van der Waals surface area contributed by atoms with Crippen molar-refractivity contribution in [2.24, 2.45) is 0 Å². The van der Waals surface area contributed by atoms with Gasteiger partial charge in [-0.05, 0) is 48.9 Å². The third-order valence-corrected chi connectivity index (χ3v) is 3.46. The lowest BCUT2D eigenvalue weighted by molar-refractivity contribution is 0.307. The Hall–Kier alpha value is -1.71. The van der Waals surface area contributed by atoms with E-state index in [0.717, 1.165) is 23.1 Å². The molecule has 1 atom stereocenters. The van der Waals surface area contributed by atoms with Gasteiger partial charge in [0.05, 0.1) is 7.11 Å². The summed E-state index contributed by atoms with van der Waals surface area (Å²) in [5, 5.41) is 4.17. The third-order valence-electron chi connectivity index (χ3n) is 3.23. The monoisotopic (exact) mass is 305 g/mol. The van der Waals surface area contributed by atoms with Crippen LogP contribution in [-0.4, -0.2) is 20.3 Å². The molecule has 1 unspecified atom stereocenters. The number of benzene rings is 2. The van der Waals surface area contributed by atoms with E-state index in [1.54, 1.807) is 7.11 Å². The van der Waals surface area contributed by atoms with Crippen LogP contribution in [0.2, 0.25) is 5.02 Å². The second-order valence-corrected chi connectivity index (χ2v) is 5.19. The number of hydrogen-bond donors (Lipinski definition) is 1. The van der Waals surface area contributed by atoms with Crippen LogP contribution in [0.15, 0.2) is 48.5 Å². The van der Waals surface area contributed by atoms with Crippen molar-refractivity contribution < 1.29 is 9.47 Å². The number of rotatable bonds is 7. The summed E-state index contributed by atoms with van der Waals surface area (Å²) in [6.07, 6.45) is 0. The predicted molar refractivity (Wildman–Crippen MR) is 86.4 cm³/mol. The fourth-order valence-electron chi connectivity index (χ4n) is 2.01. The van der Waals surface area contributed by atoms with Crippen LogP contribution in [0, 0.1) is 0 Å². The molecule has 0 aromatic heterocycles. The van der Waals surface area contributed by atoms with E-state index in [9.17, 15) is 0 Å². The Balaban J connectivity index is 1.73. The van der Waals surface area contributed by atoms with Gasteiger partial charge in [0.1, 0.15) is 18.1 Å². The summed E-state index contributed by atoms with van der Waals surface area (Å²) in [6, 6.07) is 15.7. The molecule has 0 bridgehead atoms. The van der Waals surface area contributed by atoms with Gasteiger partial charge in [0.2, 0.25) is 0 Å². The molecule has 2 aromatic rings. The van der Waals surface area contributed by atoms with Gasteiger partial charge in [-0.15, -0.1) is 0 Å². The van der Waals surface area contributed by atoms with Gasteiger partial charge in [0.25, 0.3) is 0 Å². The Labute approximate surface area is 130 Å². The number of halogens is 1. The van der Waals surface area contributed by atoms with Crippen molar-refractivity contribution in [2.75, 3.05) is 20.3 Å². The summed E-state index contributed by atoms with van der Waals surface area (Å²) in [6.45, 7) is 3.48. The first-order valence-electron chi connectivity index (χ1n) is 6.95. The lowest BCUT2D eigenvalue weighted by Gasteiger charge is -2.15. The standard InChI is InChI=1S/C17H20ClNO2/c1-13(14-4-3-5-15(18)12-14)19-10-11-21-17-8-6-16(20-2)7-9-17/h3-9,12-13,19H,10-11H2,1-2H3. The fourth-order valence-corrected chi connectivity index (χ4v) is 2.21. The predicted octanol–water partition coefficient (Wildman–Crippen LogP) is 4.08. The first-order chi connectivity index (χ1) is 10.2. The highest BCUT2D eigenvalue weighted by Gasteiger charge is 2.04. The van der Waals surface area contributed by atoms with Gasteiger partial charge in [-0.3, -0.25) is 0 Å². The molecule has 0 saturated heterocycles. The molecule has 112 valence electrons. The molecular weight excluding hydrogens is 286 g/mol. The topological polar surface area (TPSA) is 30.5 Å². The summed E-state index contributed by atoms with van der Waals surface area (Å²) in [5.41, 5.74) is 1.17. The van der Waals surface area contributed by atoms with Crippen LogP contribution in [0.25, 0.3) is 0 Å². The van der Waals surface area contributed by atoms with Gasteiger partial charge < -0.3 is 14.8 Å². The minimum Gasteiger partial charge on any atom is -0.497 e. The minimum atomic E-state index is 0.239. The first-order valence-corrected chi connectivity index (χ1v) is 7.32. The number of ether oxygens (including phenoxy) is 2. The minimum absolute atomic E-state index is 0.239. The average Bonchev–Trinajstić information content (AvgIpc) is 2.52. The van der Waals surface area contributed by atoms with Crippen LogP contribution < -0.4 is 14.8 Å². The zero-order valence-corrected chi connectivity index (χ0v) is 13.1. The molecule has 3 nitrogen and oxygen atoms in total. The van der Waals surface area contributed by atoms with E-state index in [4.69, 9.17) is 21.1 Å². The molecule has 0 aliphatic rings. The van der Waals surface area contributed by atoms with Crippen molar-refractivity contribution in [3.05, 3.63) is 59.1 Å². The van der Waals surface area contributed by atoms with Crippen LogP contribution in [0.1, 0.15) is 18.5 Å². The van der Waals surface area contributed by atoms with Crippen molar-refractivity contribution in [1.82, 2.24) is 5.32 Å². The van der Waals surface area contributed by atoms with Gasteiger partial charge in [0, 0.05) is 17.6 Å². The molecule has 0 saturated carbocycles. The summed E-state index contributed by atoms with van der Waals surface area (Å²) < 4.78 is 10.8. The van der Waals surface area contributed by atoms with Crippen LogP contribution in [0.5, 0.6) is 11.5 Å². The Morgan fingerprint density at radius 3 is 2.48 bits per heavy atom. The van der Waals surface area contributed by atoms with E-state index >= 15 is 0 Å².